The van der Waals surface area contributed by atoms with Gasteiger partial charge < -0.3 is 10.1 Å². The molecule has 0 aliphatic carbocycles. The van der Waals surface area contributed by atoms with E-state index in [2.05, 4.69) is 15.5 Å². The van der Waals surface area contributed by atoms with E-state index in [1.54, 1.807) is 18.2 Å². The van der Waals surface area contributed by atoms with E-state index in [1.807, 2.05) is 31.2 Å². The third-order valence-corrected chi connectivity index (χ3v) is 6.66. The maximum atomic E-state index is 12.5. The quantitative estimate of drug-likeness (QED) is 0.645. The summed E-state index contributed by atoms with van der Waals surface area (Å²) in [5, 5.41) is 10.5. The van der Waals surface area contributed by atoms with Crippen molar-refractivity contribution in [3.63, 3.8) is 0 Å². The summed E-state index contributed by atoms with van der Waals surface area (Å²) in [6, 6.07) is 12.6. The van der Waals surface area contributed by atoms with E-state index in [0.717, 1.165) is 16.8 Å². The van der Waals surface area contributed by atoms with E-state index < -0.39 is 10.0 Å². The zero-order valence-electron chi connectivity index (χ0n) is 16.0. The van der Waals surface area contributed by atoms with Crippen molar-refractivity contribution in [2.45, 2.75) is 19.8 Å². The summed E-state index contributed by atoms with van der Waals surface area (Å²) in [6.07, 6.45) is 0.804. The first kappa shape index (κ1) is 19.3. The van der Waals surface area contributed by atoms with Crippen molar-refractivity contribution in [2.24, 2.45) is 0 Å². The highest BCUT2D eigenvalue weighted by Gasteiger charge is 2.28. The minimum atomic E-state index is -3.27. The molecular formula is C20H22N4O4S. The van der Waals surface area contributed by atoms with Crippen molar-refractivity contribution in [3.05, 3.63) is 48.0 Å². The average Bonchev–Trinajstić information content (AvgIpc) is 3.25. The Labute approximate surface area is 168 Å². The number of aromatic amines is 1. The van der Waals surface area contributed by atoms with Crippen LogP contribution >= 0.6 is 0 Å². The van der Waals surface area contributed by atoms with E-state index in [4.69, 9.17) is 4.74 Å². The van der Waals surface area contributed by atoms with Crippen molar-refractivity contribution in [2.75, 3.05) is 28.5 Å². The highest BCUT2D eigenvalue weighted by Crippen LogP contribution is 2.30. The molecule has 2 aromatic carbocycles. The first-order valence-corrected chi connectivity index (χ1v) is 11.1. The summed E-state index contributed by atoms with van der Waals surface area (Å²) in [7, 11) is -3.27. The van der Waals surface area contributed by atoms with Gasteiger partial charge in [0.15, 0.2) is 5.82 Å². The number of benzene rings is 2. The fourth-order valence-electron chi connectivity index (χ4n) is 3.41. The molecule has 0 atom stereocenters. The summed E-state index contributed by atoms with van der Waals surface area (Å²) in [5.41, 5.74) is 2.16. The summed E-state index contributed by atoms with van der Waals surface area (Å²) < 4.78 is 31.2. The summed E-state index contributed by atoms with van der Waals surface area (Å²) >= 11 is 0. The first-order valence-electron chi connectivity index (χ1n) is 9.46. The van der Waals surface area contributed by atoms with Crippen molar-refractivity contribution < 1.29 is 17.9 Å². The van der Waals surface area contributed by atoms with Crippen LogP contribution in [0.5, 0.6) is 5.75 Å². The van der Waals surface area contributed by atoms with Gasteiger partial charge in [-0.05, 0) is 49.2 Å². The van der Waals surface area contributed by atoms with Gasteiger partial charge in [0.05, 0.1) is 30.0 Å². The highest BCUT2D eigenvalue weighted by atomic mass is 32.2. The molecule has 0 saturated carbocycles. The number of sulfonamides is 1. The second kappa shape index (κ2) is 7.75. The van der Waals surface area contributed by atoms with Crippen LogP contribution < -0.4 is 14.4 Å². The summed E-state index contributed by atoms with van der Waals surface area (Å²) in [5.74, 6) is 1.10. The van der Waals surface area contributed by atoms with Gasteiger partial charge in [-0.2, -0.15) is 5.10 Å². The summed E-state index contributed by atoms with van der Waals surface area (Å²) in [6.45, 7) is 2.97. The number of fused-ring (bicyclic) bond motifs is 1. The number of carbonyl (C=O) groups is 1. The van der Waals surface area contributed by atoms with E-state index in [-0.39, 0.29) is 18.1 Å². The van der Waals surface area contributed by atoms with Gasteiger partial charge in [0.25, 0.3) is 0 Å². The second-order valence-corrected chi connectivity index (χ2v) is 8.86. The minimum Gasteiger partial charge on any atom is -0.494 e. The monoisotopic (exact) mass is 414 g/mol. The van der Waals surface area contributed by atoms with Gasteiger partial charge in [0.1, 0.15) is 5.75 Å². The third kappa shape index (κ3) is 4.04. The van der Waals surface area contributed by atoms with E-state index >= 15 is 0 Å². The molecule has 2 heterocycles. The molecular weight excluding hydrogens is 392 g/mol. The van der Waals surface area contributed by atoms with Crippen molar-refractivity contribution in [1.29, 1.82) is 0 Å². The second-order valence-electron chi connectivity index (χ2n) is 6.85. The number of carbonyl (C=O) groups excluding carboxylic acids is 1. The number of ether oxygens (including phenoxy) is 1. The molecule has 0 spiro atoms. The van der Waals surface area contributed by atoms with Crippen LogP contribution in [0.15, 0.2) is 42.5 Å². The lowest BCUT2D eigenvalue weighted by molar-refractivity contribution is -0.115. The molecule has 29 heavy (non-hydrogen) atoms. The Morgan fingerprint density at radius 3 is 2.72 bits per heavy atom. The molecule has 4 rings (SSSR count). The number of amides is 1. The zero-order valence-corrected chi connectivity index (χ0v) is 16.8. The third-order valence-electron chi connectivity index (χ3n) is 4.79. The SMILES string of the molecule is CCOc1ccc(CC(=O)Nc2n[nH]c3ccc(N4CCCS4(=O)=O)cc23)cc1. The Morgan fingerprint density at radius 1 is 1.24 bits per heavy atom. The van der Waals surface area contributed by atoms with E-state index in [0.29, 0.717) is 36.5 Å². The molecule has 3 aromatic rings. The largest absolute Gasteiger partial charge is 0.494 e. The van der Waals surface area contributed by atoms with Crippen LogP contribution in [0.25, 0.3) is 10.9 Å². The summed E-state index contributed by atoms with van der Waals surface area (Å²) in [4.78, 5) is 12.5. The molecule has 1 aromatic heterocycles. The maximum absolute atomic E-state index is 12.5. The van der Waals surface area contributed by atoms with Gasteiger partial charge >= 0.3 is 0 Å². The Bertz CT molecular complexity index is 1140. The molecule has 0 unspecified atom stereocenters. The van der Waals surface area contributed by atoms with Gasteiger partial charge in [-0.1, -0.05) is 12.1 Å². The highest BCUT2D eigenvalue weighted by molar-refractivity contribution is 7.93. The number of H-pyrrole nitrogens is 1. The van der Waals surface area contributed by atoms with Crippen molar-refractivity contribution >= 4 is 38.3 Å². The standard InChI is InChI=1S/C20H22N4O4S/c1-2-28-16-7-4-14(5-8-16)12-19(25)21-20-17-13-15(6-9-18(17)22-23-20)24-10-3-11-29(24,26)27/h4-9,13H,2-3,10-12H2,1H3,(H2,21,22,23,25). The molecule has 0 bridgehead atoms. The van der Waals surface area contributed by atoms with Gasteiger partial charge in [0.2, 0.25) is 15.9 Å². The van der Waals surface area contributed by atoms with Crippen LogP contribution in [-0.4, -0.2) is 43.4 Å². The van der Waals surface area contributed by atoms with Crippen LogP contribution in [-0.2, 0) is 21.2 Å². The Kier molecular flexibility index (Phi) is 5.14. The molecule has 0 radical (unpaired) electrons. The topological polar surface area (TPSA) is 104 Å². The van der Waals surface area contributed by atoms with Crippen molar-refractivity contribution in [3.8, 4) is 5.75 Å². The number of hydrogen-bond acceptors (Lipinski definition) is 5. The molecule has 1 amide bonds. The fraction of sp³-hybridized carbons (Fsp3) is 0.300. The number of aromatic nitrogens is 2. The molecule has 1 aliphatic heterocycles. The van der Waals surface area contributed by atoms with Crippen LogP contribution in [0.2, 0.25) is 0 Å². The lowest BCUT2D eigenvalue weighted by Gasteiger charge is -2.16. The number of rotatable bonds is 6. The molecule has 9 heteroatoms. The molecule has 1 aliphatic rings. The molecule has 8 nitrogen and oxygen atoms in total. The van der Waals surface area contributed by atoms with E-state index in [1.165, 1.54) is 4.31 Å². The molecule has 1 fully saturated rings. The predicted octanol–water partition coefficient (Wildman–Crippen LogP) is 2.68. The number of nitrogens with one attached hydrogen (secondary N) is 2. The molecule has 2 N–H and O–H groups in total. The van der Waals surface area contributed by atoms with Gasteiger partial charge in [-0.3, -0.25) is 14.2 Å². The molecule has 1 saturated heterocycles. The van der Waals surface area contributed by atoms with Gasteiger partial charge in [0, 0.05) is 11.9 Å². The van der Waals surface area contributed by atoms with Crippen molar-refractivity contribution in [1.82, 2.24) is 10.2 Å². The van der Waals surface area contributed by atoms with E-state index in [9.17, 15) is 13.2 Å². The number of anilines is 2. The van der Waals surface area contributed by atoms with Crippen LogP contribution in [0, 0.1) is 0 Å². The van der Waals surface area contributed by atoms with Crippen LogP contribution in [0.4, 0.5) is 11.5 Å². The predicted molar refractivity (Wildman–Crippen MR) is 112 cm³/mol. The maximum Gasteiger partial charge on any atom is 0.235 e. The fourth-order valence-corrected chi connectivity index (χ4v) is 4.97. The smallest absolute Gasteiger partial charge is 0.235 e. The first-order chi connectivity index (χ1) is 14.0. The lowest BCUT2D eigenvalue weighted by Crippen LogP contribution is -2.24. The zero-order chi connectivity index (χ0) is 20.4. The Hall–Kier alpha value is -3.07. The Balaban J connectivity index is 1.51. The number of nitrogens with zero attached hydrogens (tertiary/aromatic N) is 2. The lowest BCUT2D eigenvalue weighted by atomic mass is 10.1. The van der Waals surface area contributed by atoms with Crippen LogP contribution in [0.3, 0.4) is 0 Å². The normalized spacial score (nSPS) is 15.6. The average molecular weight is 414 g/mol. The van der Waals surface area contributed by atoms with Crippen LogP contribution in [0.1, 0.15) is 18.9 Å². The minimum absolute atomic E-state index is 0.155. The Morgan fingerprint density at radius 2 is 2.03 bits per heavy atom. The van der Waals surface area contributed by atoms with Gasteiger partial charge in [-0.15, -0.1) is 0 Å². The molecule has 152 valence electrons. The van der Waals surface area contributed by atoms with Gasteiger partial charge in [-0.25, -0.2) is 8.42 Å². The number of hydrogen-bond donors (Lipinski definition) is 2.